The van der Waals surface area contributed by atoms with Crippen LogP contribution in [-0.2, 0) is 0 Å². The Kier molecular flexibility index (Phi) is 5.51. The van der Waals surface area contributed by atoms with Crippen LogP contribution in [0.1, 0.15) is 17.2 Å². The highest BCUT2D eigenvalue weighted by molar-refractivity contribution is 9.10. The Labute approximate surface area is 138 Å². The number of ether oxygens (including phenoxy) is 1. The first kappa shape index (κ1) is 16.1. The van der Waals surface area contributed by atoms with Crippen LogP contribution in [0.3, 0.4) is 0 Å². The summed E-state index contributed by atoms with van der Waals surface area (Å²) >= 11 is 9.43. The maximum Gasteiger partial charge on any atom is 0.121 e. The number of benzene rings is 2. The molecule has 0 aliphatic carbocycles. The number of anilines is 1. The van der Waals surface area contributed by atoms with E-state index in [2.05, 4.69) is 27.3 Å². The SMILES string of the molecule is COc1ccc(C(CN)Nc2ccc(Cl)c(Br)c2)cc1C. The van der Waals surface area contributed by atoms with Gasteiger partial charge in [0.2, 0.25) is 0 Å². The van der Waals surface area contributed by atoms with Crippen molar-refractivity contribution < 1.29 is 4.74 Å². The van der Waals surface area contributed by atoms with Crippen molar-refractivity contribution in [2.24, 2.45) is 5.73 Å². The number of methoxy groups -OCH3 is 1. The van der Waals surface area contributed by atoms with Gasteiger partial charge in [0.15, 0.2) is 0 Å². The lowest BCUT2D eigenvalue weighted by molar-refractivity contribution is 0.411. The number of rotatable bonds is 5. The van der Waals surface area contributed by atoms with Crippen LogP contribution in [-0.4, -0.2) is 13.7 Å². The lowest BCUT2D eigenvalue weighted by Crippen LogP contribution is -2.20. The third-order valence-electron chi connectivity index (χ3n) is 3.32. The Morgan fingerprint density at radius 1 is 1.29 bits per heavy atom. The van der Waals surface area contributed by atoms with Gasteiger partial charge in [0.1, 0.15) is 5.75 Å². The van der Waals surface area contributed by atoms with Gasteiger partial charge in [-0.05, 0) is 58.2 Å². The van der Waals surface area contributed by atoms with Gasteiger partial charge in [0, 0.05) is 16.7 Å². The highest BCUT2D eigenvalue weighted by Gasteiger charge is 2.12. The van der Waals surface area contributed by atoms with Crippen LogP contribution in [0.25, 0.3) is 0 Å². The molecular weight excluding hydrogens is 352 g/mol. The third kappa shape index (κ3) is 3.90. The number of hydrogen-bond donors (Lipinski definition) is 2. The fourth-order valence-corrected chi connectivity index (χ4v) is 2.68. The molecule has 0 spiro atoms. The maximum atomic E-state index is 6.01. The van der Waals surface area contributed by atoms with Crippen LogP contribution in [0, 0.1) is 6.92 Å². The highest BCUT2D eigenvalue weighted by Crippen LogP contribution is 2.29. The summed E-state index contributed by atoms with van der Waals surface area (Å²) in [7, 11) is 1.67. The Balaban J connectivity index is 2.23. The predicted octanol–water partition coefficient (Wildman–Crippen LogP) is 4.53. The van der Waals surface area contributed by atoms with Gasteiger partial charge in [-0.3, -0.25) is 0 Å². The zero-order chi connectivity index (χ0) is 15.4. The van der Waals surface area contributed by atoms with Crippen LogP contribution in [0.15, 0.2) is 40.9 Å². The Morgan fingerprint density at radius 3 is 2.62 bits per heavy atom. The Hall–Kier alpha value is -1.23. The average Bonchev–Trinajstić information content (AvgIpc) is 2.48. The highest BCUT2D eigenvalue weighted by atomic mass is 79.9. The summed E-state index contributed by atoms with van der Waals surface area (Å²) in [6, 6.07) is 11.8. The second-order valence-electron chi connectivity index (χ2n) is 4.79. The first-order chi connectivity index (χ1) is 10.0. The van der Waals surface area contributed by atoms with Gasteiger partial charge in [-0.25, -0.2) is 0 Å². The van der Waals surface area contributed by atoms with Crippen LogP contribution < -0.4 is 15.8 Å². The zero-order valence-corrected chi connectivity index (χ0v) is 14.3. The molecule has 0 heterocycles. The van der Waals surface area contributed by atoms with E-state index < -0.39 is 0 Å². The summed E-state index contributed by atoms with van der Waals surface area (Å²) in [6.07, 6.45) is 0. The van der Waals surface area contributed by atoms with E-state index >= 15 is 0 Å². The van der Waals surface area contributed by atoms with Crippen LogP contribution in [0.4, 0.5) is 5.69 Å². The molecule has 21 heavy (non-hydrogen) atoms. The number of aryl methyl sites for hydroxylation is 1. The third-order valence-corrected chi connectivity index (χ3v) is 4.53. The topological polar surface area (TPSA) is 47.3 Å². The molecule has 0 bridgehead atoms. The molecule has 0 aliphatic heterocycles. The standard InChI is InChI=1S/C16H18BrClN2O/c1-10-7-11(3-6-16(10)21-2)15(9-19)20-12-4-5-14(18)13(17)8-12/h3-8,15,20H,9,19H2,1-2H3. The smallest absolute Gasteiger partial charge is 0.121 e. The van der Waals surface area contributed by atoms with E-state index in [1.807, 2.05) is 37.3 Å². The molecule has 112 valence electrons. The Morgan fingerprint density at radius 2 is 2.05 bits per heavy atom. The molecule has 0 amide bonds. The van der Waals surface area contributed by atoms with Crippen molar-refractivity contribution >= 4 is 33.2 Å². The largest absolute Gasteiger partial charge is 0.496 e. The first-order valence-electron chi connectivity index (χ1n) is 6.61. The summed E-state index contributed by atoms with van der Waals surface area (Å²) in [5.74, 6) is 0.878. The van der Waals surface area contributed by atoms with Gasteiger partial charge < -0.3 is 15.8 Å². The summed E-state index contributed by atoms with van der Waals surface area (Å²) < 4.78 is 6.15. The summed E-state index contributed by atoms with van der Waals surface area (Å²) in [5.41, 5.74) is 9.09. The normalized spacial score (nSPS) is 12.0. The quantitative estimate of drug-likeness (QED) is 0.814. The lowest BCUT2D eigenvalue weighted by atomic mass is 10.0. The van der Waals surface area contributed by atoms with Crippen LogP contribution in [0.2, 0.25) is 5.02 Å². The van der Waals surface area contributed by atoms with Crippen molar-refractivity contribution in [1.29, 1.82) is 0 Å². The average molecular weight is 370 g/mol. The molecule has 2 rings (SSSR count). The summed E-state index contributed by atoms with van der Waals surface area (Å²) in [5, 5.41) is 4.11. The van der Waals surface area contributed by atoms with Gasteiger partial charge in [-0.15, -0.1) is 0 Å². The molecule has 0 saturated carbocycles. The van der Waals surface area contributed by atoms with Crippen molar-refractivity contribution in [3.63, 3.8) is 0 Å². The minimum absolute atomic E-state index is 0.0303. The minimum atomic E-state index is 0.0303. The molecular formula is C16H18BrClN2O. The van der Waals surface area contributed by atoms with E-state index in [1.165, 1.54) is 0 Å². The van der Waals surface area contributed by atoms with Gasteiger partial charge in [0.05, 0.1) is 18.2 Å². The van der Waals surface area contributed by atoms with Gasteiger partial charge in [0.25, 0.3) is 0 Å². The molecule has 1 unspecified atom stereocenters. The second kappa shape index (κ2) is 7.16. The fraction of sp³-hybridized carbons (Fsp3) is 0.250. The molecule has 2 aromatic rings. The molecule has 0 saturated heterocycles. The summed E-state index contributed by atoms with van der Waals surface area (Å²) in [6.45, 7) is 2.51. The van der Waals surface area contributed by atoms with Gasteiger partial charge in [-0.2, -0.15) is 0 Å². The van der Waals surface area contributed by atoms with Crippen molar-refractivity contribution in [1.82, 2.24) is 0 Å². The fourth-order valence-electron chi connectivity index (χ4n) is 2.18. The molecule has 3 N–H and O–H groups in total. The van der Waals surface area contributed by atoms with Crippen LogP contribution in [0.5, 0.6) is 5.75 Å². The molecule has 0 aliphatic rings. The number of hydrogen-bond acceptors (Lipinski definition) is 3. The van der Waals surface area contributed by atoms with E-state index in [0.717, 1.165) is 27.0 Å². The molecule has 0 radical (unpaired) electrons. The first-order valence-corrected chi connectivity index (χ1v) is 7.78. The van der Waals surface area contributed by atoms with E-state index in [9.17, 15) is 0 Å². The van der Waals surface area contributed by atoms with Gasteiger partial charge in [-0.1, -0.05) is 23.7 Å². The Bertz CT molecular complexity index is 634. The van der Waals surface area contributed by atoms with E-state index in [0.29, 0.717) is 11.6 Å². The van der Waals surface area contributed by atoms with Crippen LogP contribution >= 0.6 is 27.5 Å². The van der Waals surface area contributed by atoms with E-state index in [4.69, 9.17) is 22.1 Å². The van der Waals surface area contributed by atoms with Crippen molar-refractivity contribution in [3.8, 4) is 5.75 Å². The minimum Gasteiger partial charge on any atom is -0.496 e. The molecule has 0 fully saturated rings. The van der Waals surface area contributed by atoms with Crippen molar-refractivity contribution in [2.75, 3.05) is 19.0 Å². The lowest BCUT2D eigenvalue weighted by Gasteiger charge is -2.20. The van der Waals surface area contributed by atoms with E-state index in [-0.39, 0.29) is 6.04 Å². The van der Waals surface area contributed by atoms with Crippen molar-refractivity contribution in [2.45, 2.75) is 13.0 Å². The molecule has 3 nitrogen and oxygen atoms in total. The molecule has 5 heteroatoms. The molecule has 1 atom stereocenters. The monoisotopic (exact) mass is 368 g/mol. The van der Waals surface area contributed by atoms with E-state index in [1.54, 1.807) is 7.11 Å². The summed E-state index contributed by atoms with van der Waals surface area (Å²) in [4.78, 5) is 0. The molecule has 2 aromatic carbocycles. The number of halogens is 2. The molecule has 0 aromatic heterocycles. The second-order valence-corrected chi connectivity index (χ2v) is 6.05. The number of nitrogens with one attached hydrogen (secondary N) is 1. The zero-order valence-electron chi connectivity index (χ0n) is 12.0. The predicted molar refractivity (Wildman–Crippen MR) is 92.3 cm³/mol. The van der Waals surface area contributed by atoms with Crippen molar-refractivity contribution in [3.05, 3.63) is 57.0 Å². The maximum absolute atomic E-state index is 6.01. The number of nitrogens with two attached hydrogens (primary N) is 1. The van der Waals surface area contributed by atoms with Gasteiger partial charge >= 0.3 is 0 Å².